The number of aldehydes is 1. The standard InChI is InChI=1S/C25H24O4Si/c1-2-3-14-30-29-25(21-10-6-4-7-11-21,22-12-8-5-9-13-22)23-16-19(18-26)15-20(17-23)24(27)28/h4-13,15-18H,2-3,14H2,1H3,(H,27,28). The molecular formula is C25H24O4Si. The van der Waals surface area contributed by atoms with Crippen LogP contribution >= 0.6 is 0 Å². The van der Waals surface area contributed by atoms with Crippen molar-refractivity contribution in [1.29, 1.82) is 0 Å². The monoisotopic (exact) mass is 416 g/mol. The van der Waals surface area contributed by atoms with Crippen molar-refractivity contribution in [3.8, 4) is 0 Å². The molecule has 0 saturated heterocycles. The Labute approximate surface area is 179 Å². The topological polar surface area (TPSA) is 63.6 Å². The van der Waals surface area contributed by atoms with Gasteiger partial charge >= 0.3 is 5.97 Å². The van der Waals surface area contributed by atoms with Crippen LogP contribution in [0.4, 0.5) is 0 Å². The summed E-state index contributed by atoms with van der Waals surface area (Å²) in [5.74, 6) is -1.08. The van der Waals surface area contributed by atoms with Gasteiger partial charge in [-0.2, -0.15) is 0 Å². The van der Waals surface area contributed by atoms with Crippen molar-refractivity contribution in [2.45, 2.75) is 31.4 Å². The highest BCUT2D eigenvalue weighted by atomic mass is 28.2. The molecule has 4 nitrogen and oxygen atoms in total. The Morgan fingerprint density at radius 1 is 0.967 bits per heavy atom. The van der Waals surface area contributed by atoms with Crippen LogP contribution in [0.3, 0.4) is 0 Å². The summed E-state index contributed by atoms with van der Waals surface area (Å²) in [4.78, 5) is 23.4. The fraction of sp³-hybridized carbons (Fsp3) is 0.200. The van der Waals surface area contributed by atoms with Crippen LogP contribution < -0.4 is 0 Å². The number of carboxylic acid groups (broad SMARTS) is 1. The lowest BCUT2D eigenvalue weighted by molar-refractivity contribution is 0.0696. The van der Waals surface area contributed by atoms with Crippen LogP contribution in [0.25, 0.3) is 0 Å². The molecule has 0 bridgehead atoms. The molecule has 1 N–H and O–H groups in total. The third kappa shape index (κ3) is 4.58. The zero-order valence-corrected chi connectivity index (χ0v) is 17.9. The van der Waals surface area contributed by atoms with E-state index in [0.717, 1.165) is 30.0 Å². The lowest BCUT2D eigenvalue weighted by Crippen LogP contribution is -2.34. The fourth-order valence-electron chi connectivity index (χ4n) is 3.48. The maximum absolute atomic E-state index is 11.8. The third-order valence-corrected chi connectivity index (χ3v) is 5.97. The SMILES string of the molecule is CCCC[Si]OC(c1ccccc1)(c1ccccc1)c1cc(C=O)cc(C(=O)O)c1. The summed E-state index contributed by atoms with van der Waals surface area (Å²) in [5, 5.41) is 9.63. The zero-order valence-electron chi connectivity index (χ0n) is 16.9. The average molecular weight is 417 g/mol. The number of carbonyl (C=O) groups is 2. The normalized spacial score (nSPS) is 11.2. The van der Waals surface area contributed by atoms with Crippen LogP contribution in [0.15, 0.2) is 78.9 Å². The van der Waals surface area contributed by atoms with Gasteiger partial charge in [0.05, 0.1) is 5.56 Å². The van der Waals surface area contributed by atoms with E-state index >= 15 is 0 Å². The number of aromatic carboxylic acids is 1. The number of benzene rings is 3. The molecule has 0 saturated carbocycles. The molecule has 0 aliphatic rings. The summed E-state index contributed by atoms with van der Waals surface area (Å²) in [7, 11) is 0.220. The van der Waals surface area contributed by atoms with Crippen LogP contribution in [0.5, 0.6) is 0 Å². The maximum Gasteiger partial charge on any atom is 0.335 e. The van der Waals surface area contributed by atoms with Gasteiger partial charge in [0.2, 0.25) is 9.76 Å². The first kappa shape index (κ1) is 21.7. The predicted molar refractivity (Wildman–Crippen MR) is 118 cm³/mol. The van der Waals surface area contributed by atoms with Gasteiger partial charge in [-0.25, -0.2) is 4.79 Å². The largest absolute Gasteiger partial charge is 0.478 e. The zero-order chi connectivity index (χ0) is 21.4. The molecule has 30 heavy (non-hydrogen) atoms. The van der Waals surface area contributed by atoms with E-state index in [-0.39, 0.29) is 15.3 Å². The van der Waals surface area contributed by atoms with E-state index in [1.807, 2.05) is 60.7 Å². The van der Waals surface area contributed by atoms with Crippen molar-refractivity contribution >= 4 is 22.0 Å². The first-order chi connectivity index (χ1) is 14.6. The molecule has 0 heterocycles. The molecular weight excluding hydrogens is 392 g/mol. The van der Waals surface area contributed by atoms with Gasteiger partial charge in [-0.1, -0.05) is 80.4 Å². The number of hydrogen-bond donors (Lipinski definition) is 1. The fourth-order valence-corrected chi connectivity index (χ4v) is 4.65. The smallest absolute Gasteiger partial charge is 0.335 e. The molecule has 0 fully saturated rings. The Bertz CT molecular complexity index is 947. The highest BCUT2D eigenvalue weighted by Crippen LogP contribution is 2.41. The minimum atomic E-state index is -1.08. The van der Waals surface area contributed by atoms with E-state index in [9.17, 15) is 14.7 Å². The third-order valence-electron chi connectivity index (χ3n) is 4.96. The van der Waals surface area contributed by atoms with E-state index in [0.29, 0.717) is 17.4 Å². The lowest BCUT2D eigenvalue weighted by atomic mass is 9.79. The Kier molecular flexibility index (Phi) is 7.33. The highest BCUT2D eigenvalue weighted by Gasteiger charge is 2.38. The molecule has 0 amide bonds. The van der Waals surface area contributed by atoms with Gasteiger partial charge in [-0.05, 0) is 40.9 Å². The second kappa shape index (κ2) is 10.1. The molecule has 0 aromatic heterocycles. The molecule has 2 radical (unpaired) electrons. The van der Waals surface area contributed by atoms with E-state index in [1.165, 1.54) is 6.07 Å². The van der Waals surface area contributed by atoms with Crippen LogP contribution in [0, 0.1) is 0 Å². The van der Waals surface area contributed by atoms with E-state index in [4.69, 9.17) is 4.43 Å². The summed E-state index contributed by atoms with van der Waals surface area (Å²) in [6, 6.07) is 25.2. The van der Waals surface area contributed by atoms with Crippen LogP contribution in [0.2, 0.25) is 6.04 Å². The second-order valence-corrected chi connectivity index (χ2v) is 8.02. The summed E-state index contributed by atoms with van der Waals surface area (Å²) < 4.78 is 6.64. The number of unbranched alkanes of at least 4 members (excludes halogenated alkanes) is 1. The van der Waals surface area contributed by atoms with Crippen molar-refractivity contribution in [2.75, 3.05) is 0 Å². The predicted octanol–water partition coefficient (Wildman–Crippen LogP) is 5.34. The first-order valence-electron chi connectivity index (χ1n) is 9.97. The number of rotatable bonds is 10. The van der Waals surface area contributed by atoms with Gasteiger partial charge in [0.1, 0.15) is 11.9 Å². The molecule has 3 rings (SSSR count). The van der Waals surface area contributed by atoms with Gasteiger partial charge < -0.3 is 9.53 Å². The Morgan fingerprint density at radius 2 is 1.57 bits per heavy atom. The summed E-state index contributed by atoms with van der Waals surface area (Å²) in [5.41, 5.74) is 1.76. The van der Waals surface area contributed by atoms with Crippen LogP contribution in [-0.2, 0) is 10.0 Å². The van der Waals surface area contributed by atoms with Gasteiger partial charge in [0.15, 0.2) is 0 Å². The quantitative estimate of drug-likeness (QED) is 0.210. The molecule has 0 unspecified atom stereocenters. The van der Waals surface area contributed by atoms with Gasteiger partial charge in [0.25, 0.3) is 0 Å². The van der Waals surface area contributed by atoms with E-state index in [1.54, 1.807) is 12.1 Å². The molecule has 152 valence electrons. The second-order valence-electron chi connectivity index (χ2n) is 7.03. The van der Waals surface area contributed by atoms with Crippen LogP contribution in [-0.4, -0.2) is 27.1 Å². The maximum atomic E-state index is 11.8. The van der Waals surface area contributed by atoms with Crippen LogP contribution in [0.1, 0.15) is 57.2 Å². The van der Waals surface area contributed by atoms with E-state index < -0.39 is 11.6 Å². The van der Waals surface area contributed by atoms with Crippen molar-refractivity contribution in [1.82, 2.24) is 0 Å². The number of carboxylic acids is 1. The minimum absolute atomic E-state index is 0.0614. The first-order valence-corrected chi connectivity index (χ1v) is 11.1. The Balaban J connectivity index is 2.29. The molecule has 0 aliphatic heterocycles. The highest BCUT2D eigenvalue weighted by molar-refractivity contribution is 6.27. The Hall–Kier alpha value is -3.02. The molecule has 0 spiro atoms. The summed E-state index contributed by atoms with van der Waals surface area (Å²) in [6.45, 7) is 2.14. The van der Waals surface area contributed by atoms with Crippen molar-refractivity contribution in [2.24, 2.45) is 0 Å². The van der Waals surface area contributed by atoms with Crippen molar-refractivity contribution in [3.63, 3.8) is 0 Å². The van der Waals surface area contributed by atoms with Gasteiger partial charge in [-0.15, -0.1) is 0 Å². The summed E-state index contributed by atoms with van der Waals surface area (Å²) >= 11 is 0. The Morgan fingerprint density at radius 3 is 2.07 bits per heavy atom. The molecule has 0 atom stereocenters. The van der Waals surface area contributed by atoms with Crippen molar-refractivity contribution < 1.29 is 19.1 Å². The molecule has 3 aromatic rings. The number of hydrogen-bond acceptors (Lipinski definition) is 3. The van der Waals surface area contributed by atoms with Gasteiger partial charge in [-0.3, -0.25) is 4.79 Å². The average Bonchev–Trinajstić information content (AvgIpc) is 2.80. The van der Waals surface area contributed by atoms with E-state index in [2.05, 4.69) is 6.92 Å². The van der Waals surface area contributed by atoms with Crippen molar-refractivity contribution in [3.05, 3.63) is 107 Å². The molecule has 3 aromatic carbocycles. The molecule has 5 heteroatoms. The van der Waals surface area contributed by atoms with Gasteiger partial charge in [0, 0.05) is 5.56 Å². The molecule has 0 aliphatic carbocycles. The minimum Gasteiger partial charge on any atom is -0.478 e. The number of carbonyl (C=O) groups excluding carboxylic acids is 1. The lowest BCUT2D eigenvalue weighted by Gasteiger charge is -2.36. The summed E-state index contributed by atoms with van der Waals surface area (Å²) in [6.07, 6.45) is 2.80.